The molecule has 0 aliphatic heterocycles. The van der Waals surface area contributed by atoms with Gasteiger partial charge in [0.2, 0.25) is 0 Å². The van der Waals surface area contributed by atoms with Crippen LogP contribution < -0.4 is 0 Å². The maximum absolute atomic E-state index is 5.48. The third kappa shape index (κ3) is 33.6. The van der Waals surface area contributed by atoms with Gasteiger partial charge >= 0.3 is 0 Å². The van der Waals surface area contributed by atoms with Crippen molar-refractivity contribution >= 4 is 22.8 Å². The Morgan fingerprint density at radius 3 is 0.885 bits per heavy atom. The first kappa shape index (κ1) is 57.5. The van der Waals surface area contributed by atoms with Crippen molar-refractivity contribution in [3.63, 3.8) is 0 Å². The second-order valence-electron chi connectivity index (χ2n) is 18.8. The van der Waals surface area contributed by atoms with E-state index in [0.717, 1.165) is 43.5 Å². The number of aryl methyl sites for hydroxylation is 2. The summed E-state index contributed by atoms with van der Waals surface area (Å²) in [5.74, 6) is 0. The molecule has 2 aromatic rings. The average molecular weight is 932 g/mol. The molecule has 0 atom stereocenters. The second-order valence-corrected chi connectivity index (χ2v) is 18.8. The number of hydrogen-bond acceptors (Lipinski definition) is 2. The molecule has 2 aromatic carbocycles. The van der Waals surface area contributed by atoms with Crippen LogP contribution in [0.4, 0.5) is 11.4 Å². The van der Waals surface area contributed by atoms with Crippen LogP contribution in [-0.4, -0.2) is 11.4 Å². The Morgan fingerprint density at radius 2 is 0.574 bits per heavy atom. The van der Waals surface area contributed by atoms with E-state index < -0.39 is 0 Å². The predicted molar refractivity (Wildman–Crippen MR) is 273 cm³/mol. The van der Waals surface area contributed by atoms with Crippen molar-refractivity contribution in [3.8, 4) is 0 Å². The van der Waals surface area contributed by atoms with Crippen molar-refractivity contribution in [1.82, 2.24) is 0 Å². The van der Waals surface area contributed by atoms with E-state index in [1.807, 2.05) is 0 Å². The van der Waals surface area contributed by atoms with Gasteiger partial charge in [0, 0.05) is 20.4 Å². The molecule has 2 rings (SSSR count). The maximum Gasteiger partial charge on any atom is 0.0636 e. The van der Waals surface area contributed by atoms with E-state index in [2.05, 4.69) is 76.2 Å². The number of nitrogens with zero attached hydrogens (tertiary/aromatic N) is 2. The number of unbranched alkanes of at least 4 members (excludes halogenated alkanes) is 32. The van der Waals surface area contributed by atoms with Crippen molar-refractivity contribution < 1.29 is 20.4 Å². The quantitative estimate of drug-likeness (QED) is 0.0360. The van der Waals surface area contributed by atoms with Crippen LogP contribution >= 0.6 is 0 Å². The second kappa shape index (κ2) is 43.7. The van der Waals surface area contributed by atoms with E-state index in [1.54, 1.807) is 0 Å². The SMILES string of the molecule is CCCCCCCCCCCCCCCCC(=Nc1cccc(CCCCCCCCCCCC)c1)C(CCCC)=Nc1cccc(CCCCCCCCCCCC)c1.[Pd]. The van der Waals surface area contributed by atoms with Crippen LogP contribution in [0, 0.1) is 0 Å². The van der Waals surface area contributed by atoms with Gasteiger partial charge in [-0.15, -0.1) is 0 Å². The van der Waals surface area contributed by atoms with Crippen LogP contribution in [0.25, 0.3) is 0 Å². The normalized spacial score (nSPS) is 12.0. The van der Waals surface area contributed by atoms with Crippen molar-refractivity contribution in [2.45, 2.75) is 285 Å². The Labute approximate surface area is 395 Å². The Hall–Kier alpha value is -1.56. The molecule has 0 aromatic heterocycles. The molecule has 0 unspecified atom stereocenters. The van der Waals surface area contributed by atoms with Gasteiger partial charge in [-0.25, -0.2) is 0 Å². The van der Waals surface area contributed by atoms with Crippen LogP contribution in [0.5, 0.6) is 0 Å². The van der Waals surface area contributed by atoms with Crippen molar-refractivity contribution in [1.29, 1.82) is 0 Å². The summed E-state index contributed by atoms with van der Waals surface area (Å²) in [6.45, 7) is 9.24. The van der Waals surface area contributed by atoms with E-state index >= 15 is 0 Å². The van der Waals surface area contributed by atoms with E-state index in [-0.39, 0.29) is 20.4 Å². The average Bonchev–Trinajstić information content (AvgIpc) is 3.26. The summed E-state index contributed by atoms with van der Waals surface area (Å²) in [7, 11) is 0. The number of hydrogen-bond donors (Lipinski definition) is 0. The van der Waals surface area contributed by atoms with Crippen LogP contribution in [0.3, 0.4) is 0 Å². The molecule has 0 aliphatic carbocycles. The van der Waals surface area contributed by atoms with Crippen molar-refractivity contribution in [3.05, 3.63) is 59.7 Å². The molecule has 0 bridgehead atoms. The molecule has 352 valence electrons. The number of rotatable bonds is 43. The third-order valence-electron chi connectivity index (χ3n) is 12.9. The molecule has 0 heterocycles. The predicted octanol–water partition coefficient (Wildman–Crippen LogP) is 20.5. The van der Waals surface area contributed by atoms with Gasteiger partial charge in [-0.05, 0) is 86.8 Å². The first-order chi connectivity index (χ1) is 29.7. The molecule has 2 nitrogen and oxygen atoms in total. The summed E-state index contributed by atoms with van der Waals surface area (Å²) in [6, 6.07) is 18.3. The Balaban J connectivity index is 0.0000186. The summed E-state index contributed by atoms with van der Waals surface area (Å²) in [5, 5.41) is 0. The van der Waals surface area contributed by atoms with Crippen LogP contribution in [0.1, 0.15) is 283 Å². The van der Waals surface area contributed by atoms with Gasteiger partial charge < -0.3 is 0 Å². The van der Waals surface area contributed by atoms with Crippen LogP contribution in [-0.2, 0) is 33.3 Å². The summed E-state index contributed by atoms with van der Waals surface area (Å²) in [4.78, 5) is 10.9. The standard InChI is InChI=1S/C58H100N2.Pd/c1-5-9-13-16-19-22-25-26-27-28-31-34-37-40-50-58(60-56-48-42-46-54(52-56)44-39-36-33-30-24-21-18-15-11-7-3)57(49-12-8-4)59-55-47-41-45-53(51-55)43-38-35-32-29-23-20-17-14-10-6-2;/h41-42,45-48,51-52H,5-40,43-44,49-50H2,1-4H3;. The van der Waals surface area contributed by atoms with Crippen LogP contribution in [0.15, 0.2) is 58.5 Å². The van der Waals surface area contributed by atoms with Crippen LogP contribution in [0.2, 0.25) is 0 Å². The van der Waals surface area contributed by atoms with Gasteiger partial charge in [-0.3, -0.25) is 9.98 Å². The fraction of sp³-hybridized carbons (Fsp3) is 0.759. The zero-order valence-corrected chi connectivity index (χ0v) is 42.7. The zero-order chi connectivity index (χ0) is 42.8. The molecular formula is C58H100N2Pd. The fourth-order valence-electron chi connectivity index (χ4n) is 8.87. The molecule has 61 heavy (non-hydrogen) atoms. The third-order valence-corrected chi connectivity index (χ3v) is 12.9. The Bertz CT molecular complexity index is 1300. The van der Waals surface area contributed by atoms with E-state index in [1.165, 1.54) is 247 Å². The first-order valence-electron chi connectivity index (χ1n) is 27.0. The van der Waals surface area contributed by atoms with Gasteiger partial charge in [0.05, 0.1) is 22.8 Å². The minimum absolute atomic E-state index is 0. The summed E-state index contributed by atoms with van der Waals surface area (Å²) >= 11 is 0. The molecule has 0 fully saturated rings. The van der Waals surface area contributed by atoms with Gasteiger partial charge in [0.25, 0.3) is 0 Å². The van der Waals surface area contributed by atoms with Gasteiger partial charge in [-0.2, -0.15) is 0 Å². The molecule has 0 N–H and O–H groups in total. The number of benzene rings is 2. The van der Waals surface area contributed by atoms with Gasteiger partial charge in [-0.1, -0.05) is 257 Å². The van der Waals surface area contributed by atoms with Crippen molar-refractivity contribution in [2.75, 3.05) is 0 Å². The minimum Gasteiger partial charge on any atom is -0.252 e. The zero-order valence-electron chi connectivity index (χ0n) is 41.1. The summed E-state index contributed by atoms with van der Waals surface area (Å²) in [5.41, 5.74) is 7.59. The summed E-state index contributed by atoms with van der Waals surface area (Å²) in [6.07, 6.45) is 53.9. The molecule has 0 radical (unpaired) electrons. The largest absolute Gasteiger partial charge is 0.252 e. The molecule has 0 saturated carbocycles. The summed E-state index contributed by atoms with van der Waals surface area (Å²) < 4.78 is 0. The maximum atomic E-state index is 5.48. The number of aliphatic imine (C=N–C) groups is 2. The topological polar surface area (TPSA) is 24.7 Å². The minimum atomic E-state index is 0. The smallest absolute Gasteiger partial charge is 0.0636 e. The van der Waals surface area contributed by atoms with E-state index in [0.29, 0.717) is 0 Å². The van der Waals surface area contributed by atoms with E-state index in [9.17, 15) is 0 Å². The molecule has 3 heteroatoms. The molecular weight excluding hydrogens is 831 g/mol. The Kier molecular flexibility index (Phi) is 41.1. The Morgan fingerprint density at radius 1 is 0.311 bits per heavy atom. The van der Waals surface area contributed by atoms with Gasteiger partial charge in [0.1, 0.15) is 0 Å². The molecule has 0 spiro atoms. The van der Waals surface area contributed by atoms with E-state index in [4.69, 9.17) is 9.98 Å². The van der Waals surface area contributed by atoms with Crippen molar-refractivity contribution in [2.24, 2.45) is 9.98 Å². The molecule has 0 aliphatic rings. The fourth-order valence-corrected chi connectivity index (χ4v) is 8.87. The first-order valence-corrected chi connectivity index (χ1v) is 27.0. The molecule has 0 amide bonds. The van der Waals surface area contributed by atoms with Gasteiger partial charge in [0.15, 0.2) is 0 Å². The monoisotopic (exact) mass is 931 g/mol. The molecule has 0 saturated heterocycles.